The summed E-state index contributed by atoms with van der Waals surface area (Å²) >= 11 is 12.3. The number of hydrogen-bond acceptors (Lipinski definition) is 4. The van der Waals surface area contributed by atoms with E-state index in [4.69, 9.17) is 28.3 Å². The fourth-order valence-electron chi connectivity index (χ4n) is 2.83. The molecule has 0 spiro atoms. The van der Waals surface area contributed by atoms with Gasteiger partial charge in [-0.1, -0.05) is 23.2 Å². The van der Waals surface area contributed by atoms with E-state index in [0.717, 1.165) is 17.3 Å². The number of rotatable bonds is 2. The van der Waals surface area contributed by atoms with E-state index in [9.17, 15) is 9.59 Å². The summed E-state index contributed by atoms with van der Waals surface area (Å²) in [6.45, 7) is 2.37. The number of carboxylic acid groups (broad SMARTS) is 1. The lowest BCUT2D eigenvalue weighted by Gasteiger charge is -2.35. The van der Waals surface area contributed by atoms with Crippen LogP contribution in [0, 0.1) is 0 Å². The van der Waals surface area contributed by atoms with Crippen LogP contribution in [0.2, 0.25) is 10.0 Å². The van der Waals surface area contributed by atoms with Crippen molar-refractivity contribution in [1.29, 1.82) is 0 Å². The van der Waals surface area contributed by atoms with Crippen LogP contribution in [-0.4, -0.2) is 38.4 Å². The van der Waals surface area contributed by atoms with Gasteiger partial charge in [0.25, 0.3) is 5.91 Å². The molecule has 0 aliphatic carbocycles. The van der Waals surface area contributed by atoms with Gasteiger partial charge >= 0.3 is 5.97 Å². The van der Waals surface area contributed by atoms with Crippen LogP contribution >= 0.6 is 23.2 Å². The Morgan fingerprint density at radius 1 is 1.21 bits per heavy atom. The van der Waals surface area contributed by atoms with Gasteiger partial charge in [-0.05, 0) is 36.6 Å². The molecule has 1 aliphatic heterocycles. The lowest BCUT2D eigenvalue weighted by Crippen LogP contribution is -2.39. The molecule has 3 rings (SSSR count). The smallest absolute Gasteiger partial charge is 0.356 e. The number of amides is 1. The molecule has 0 fully saturated rings. The SMILES string of the molecule is CC1c2cc(Cl)cc(Cl)c2CCN1C(=O)c1cnc(C(=O)O)cn1. The fraction of sp³-hybridized carbons (Fsp3) is 0.250. The highest BCUT2D eigenvalue weighted by Crippen LogP contribution is 2.36. The van der Waals surface area contributed by atoms with Gasteiger partial charge in [-0.15, -0.1) is 0 Å². The van der Waals surface area contributed by atoms with Crippen molar-refractivity contribution in [2.24, 2.45) is 0 Å². The Kier molecular flexibility index (Phi) is 4.43. The minimum absolute atomic E-state index is 0.100. The number of carbonyl (C=O) groups excluding carboxylic acids is 1. The molecule has 0 bridgehead atoms. The van der Waals surface area contributed by atoms with Crippen molar-refractivity contribution >= 4 is 35.1 Å². The first-order chi connectivity index (χ1) is 11.4. The maximum atomic E-state index is 12.7. The normalized spacial score (nSPS) is 16.6. The highest BCUT2D eigenvalue weighted by Gasteiger charge is 2.30. The molecule has 0 saturated carbocycles. The van der Waals surface area contributed by atoms with Crippen LogP contribution in [0.25, 0.3) is 0 Å². The average molecular weight is 366 g/mol. The Bertz CT molecular complexity index is 824. The first-order valence-corrected chi connectivity index (χ1v) is 7.98. The maximum absolute atomic E-state index is 12.7. The number of hydrogen-bond donors (Lipinski definition) is 1. The molecule has 2 heterocycles. The van der Waals surface area contributed by atoms with Crippen LogP contribution < -0.4 is 0 Å². The Morgan fingerprint density at radius 2 is 1.88 bits per heavy atom. The molecule has 124 valence electrons. The molecule has 1 aromatic carbocycles. The summed E-state index contributed by atoms with van der Waals surface area (Å²) in [5.41, 5.74) is 1.79. The topological polar surface area (TPSA) is 83.4 Å². The van der Waals surface area contributed by atoms with Gasteiger partial charge in [0, 0.05) is 16.6 Å². The van der Waals surface area contributed by atoms with E-state index in [1.54, 1.807) is 11.0 Å². The molecule has 1 unspecified atom stereocenters. The number of carboxylic acids is 1. The molecule has 0 saturated heterocycles. The largest absolute Gasteiger partial charge is 0.476 e. The van der Waals surface area contributed by atoms with E-state index in [0.29, 0.717) is 23.0 Å². The third kappa shape index (κ3) is 2.95. The van der Waals surface area contributed by atoms with E-state index in [1.807, 2.05) is 13.0 Å². The van der Waals surface area contributed by atoms with Crippen LogP contribution in [0.15, 0.2) is 24.5 Å². The lowest BCUT2D eigenvalue weighted by atomic mass is 9.93. The van der Waals surface area contributed by atoms with Crippen molar-refractivity contribution in [3.8, 4) is 0 Å². The predicted octanol–water partition coefficient (Wildman–Crippen LogP) is 3.24. The van der Waals surface area contributed by atoms with Crippen LogP contribution in [0.3, 0.4) is 0 Å². The minimum atomic E-state index is -1.19. The number of aromatic nitrogens is 2. The van der Waals surface area contributed by atoms with E-state index in [1.165, 1.54) is 6.20 Å². The summed E-state index contributed by atoms with van der Waals surface area (Å²) in [6.07, 6.45) is 2.87. The molecule has 24 heavy (non-hydrogen) atoms. The summed E-state index contributed by atoms with van der Waals surface area (Å²) in [6, 6.07) is 3.28. The van der Waals surface area contributed by atoms with Gasteiger partial charge in [-0.2, -0.15) is 0 Å². The van der Waals surface area contributed by atoms with E-state index >= 15 is 0 Å². The molecule has 0 radical (unpaired) electrons. The second kappa shape index (κ2) is 6.37. The second-order valence-corrected chi connectivity index (χ2v) is 6.32. The molecule has 1 aliphatic rings. The molecule has 1 atom stereocenters. The summed E-state index contributed by atoms with van der Waals surface area (Å²) < 4.78 is 0. The van der Waals surface area contributed by atoms with Gasteiger partial charge in [-0.3, -0.25) is 4.79 Å². The molecule has 1 N–H and O–H groups in total. The van der Waals surface area contributed by atoms with Crippen molar-refractivity contribution in [1.82, 2.24) is 14.9 Å². The molecule has 1 amide bonds. The van der Waals surface area contributed by atoms with Crippen molar-refractivity contribution < 1.29 is 14.7 Å². The summed E-state index contributed by atoms with van der Waals surface area (Å²) in [5.74, 6) is -1.50. The average Bonchev–Trinajstić information content (AvgIpc) is 2.55. The highest BCUT2D eigenvalue weighted by molar-refractivity contribution is 6.35. The van der Waals surface area contributed by atoms with Crippen LogP contribution in [0.4, 0.5) is 0 Å². The quantitative estimate of drug-likeness (QED) is 0.882. The number of benzene rings is 1. The number of nitrogens with zero attached hydrogens (tertiary/aromatic N) is 3. The Morgan fingerprint density at radius 3 is 2.50 bits per heavy atom. The van der Waals surface area contributed by atoms with Gasteiger partial charge in [0.1, 0.15) is 5.69 Å². The number of carbonyl (C=O) groups is 2. The summed E-state index contributed by atoms with van der Waals surface area (Å²) in [4.78, 5) is 32.8. The number of fused-ring (bicyclic) bond motifs is 1. The molecular formula is C16H13Cl2N3O3. The van der Waals surface area contributed by atoms with Crippen molar-refractivity contribution in [2.45, 2.75) is 19.4 Å². The summed E-state index contributed by atoms with van der Waals surface area (Å²) in [7, 11) is 0. The van der Waals surface area contributed by atoms with Crippen LogP contribution in [0.1, 0.15) is 45.1 Å². The zero-order valence-electron chi connectivity index (χ0n) is 12.7. The zero-order valence-corrected chi connectivity index (χ0v) is 14.2. The Hall–Kier alpha value is -2.18. The standard InChI is InChI=1S/C16H13Cl2N3O3/c1-8-11-4-9(17)5-12(18)10(11)2-3-21(8)15(22)13-6-20-14(7-19-13)16(23)24/h4-8H,2-3H2,1H3,(H,23,24). The highest BCUT2D eigenvalue weighted by atomic mass is 35.5. The number of aromatic carboxylic acids is 1. The monoisotopic (exact) mass is 365 g/mol. The molecular weight excluding hydrogens is 353 g/mol. The molecule has 6 nitrogen and oxygen atoms in total. The van der Waals surface area contributed by atoms with Gasteiger partial charge in [0.05, 0.1) is 18.4 Å². The van der Waals surface area contributed by atoms with Crippen molar-refractivity contribution in [3.05, 3.63) is 57.1 Å². The predicted molar refractivity (Wildman–Crippen MR) is 88.6 cm³/mol. The van der Waals surface area contributed by atoms with E-state index in [2.05, 4.69) is 9.97 Å². The first-order valence-electron chi connectivity index (χ1n) is 7.22. The first kappa shape index (κ1) is 16.7. The molecule has 8 heteroatoms. The van der Waals surface area contributed by atoms with Crippen LogP contribution in [-0.2, 0) is 6.42 Å². The molecule has 2 aromatic rings. The van der Waals surface area contributed by atoms with Gasteiger partial charge in [0.2, 0.25) is 0 Å². The van der Waals surface area contributed by atoms with Crippen LogP contribution in [0.5, 0.6) is 0 Å². The van der Waals surface area contributed by atoms with E-state index < -0.39 is 5.97 Å². The second-order valence-electron chi connectivity index (χ2n) is 5.47. The Labute approximate surface area is 148 Å². The fourth-order valence-corrected chi connectivity index (χ4v) is 3.43. The lowest BCUT2D eigenvalue weighted by molar-refractivity contribution is 0.0660. The molecule has 1 aromatic heterocycles. The maximum Gasteiger partial charge on any atom is 0.356 e. The van der Waals surface area contributed by atoms with E-state index in [-0.39, 0.29) is 23.3 Å². The minimum Gasteiger partial charge on any atom is -0.476 e. The Balaban J connectivity index is 1.90. The van der Waals surface area contributed by atoms with Gasteiger partial charge < -0.3 is 10.0 Å². The third-order valence-corrected chi connectivity index (χ3v) is 4.62. The van der Waals surface area contributed by atoms with Gasteiger partial charge in [0.15, 0.2) is 5.69 Å². The van der Waals surface area contributed by atoms with Gasteiger partial charge in [-0.25, -0.2) is 14.8 Å². The summed E-state index contributed by atoms with van der Waals surface area (Å²) in [5, 5.41) is 9.96. The van der Waals surface area contributed by atoms with Crippen molar-refractivity contribution in [3.63, 3.8) is 0 Å². The number of halogens is 2. The zero-order chi connectivity index (χ0) is 17.4. The third-order valence-electron chi connectivity index (χ3n) is 4.07. The van der Waals surface area contributed by atoms with Crippen molar-refractivity contribution in [2.75, 3.05) is 6.54 Å².